The molecule has 0 aliphatic rings. The van der Waals surface area contributed by atoms with Crippen molar-refractivity contribution in [3.05, 3.63) is 70.8 Å². The molecule has 0 heterocycles. The lowest BCUT2D eigenvalue weighted by molar-refractivity contribution is 0.585. The van der Waals surface area contributed by atoms with Crippen LogP contribution in [0.2, 0.25) is 5.02 Å². The fourth-order valence-electron chi connectivity index (χ4n) is 2.73. The summed E-state index contributed by atoms with van der Waals surface area (Å²) in [6.45, 7) is 2.18. The van der Waals surface area contributed by atoms with E-state index in [2.05, 4.69) is 25.1 Å². The first kappa shape index (κ1) is 15.9. The van der Waals surface area contributed by atoms with Gasteiger partial charge in [-0.05, 0) is 58.5 Å². The van der Waals surface area contributed by atoms with E-state index in [0.717, 1.165) is 22.8 Å². The Morgan fingerprint density at radius 2 is 1.48 bits per heavy atom. The summed E-state index contributed by atoms with van der Waals surface area (Å²) in [5.74, 6) is -1.48. The molecule has 0 aliphatic heterocycles. The van der Waals surface area contributed by atoms with Crippen molar-refractivity contribution in [3.63, 3.8) is 0 Å². The van der Waals surface area contributed by atoms with E-state index >= 15 is 0 Å². The number of aryl methyl sites for hydroxylation is 1. The lowest BCUT2D eigenvalue weighted by atomic mass is 9.98. The molecule has 3 aromatic carbocycles. The third-order valence-electron chi connectivity index (χ3n) is 4.04. The Morgan fingerprint density at radius 1 is 0.826 bits per heavy atom. The van der Waals surface area contributed by atoms with Gasteiger partial charge in [-0.2, -0.15) is 0 Å². The molecule has 23 heavy (non-hydrogen) atoms. The van der Waals surface area contributed by atoms with Crippen LogP contribution in [0.5, 0.6) is 0 Å². The molecule has 3 aromatic rings. The van der Waals surface area contributed by atoms with Crippen LogP contribution in [0.4, 0.5) is 8.78 Å². The van der Waals surface area contributed by atoms with E-state index in [9.17, 15) is 8.78 Å². The summed E-state index contributed by atoms with van der Waals surface area (Å²) in [5, 5.41) is 1.73. The molecule has 3 heteroatoms. The van der Waals surface area contributed by atoms with E-state index in [1.54, 1.807) is 0 Å². The average molecular weight is 331 g/mol. The third kappa shape index (κ3) is 3.37. The first-order valence-electron chi connectivity index (χ1n) is 7.76. The van der Waals surface area contributed by atoms with Gasteiger partial charge in [0, 0.05) is 0 Å². The summed E-state index contributed by atoms with van der Waals surface area (Å²) in [6.07, 6.45) is 3.42. The van der Waals surface area contributed by atoms with Crippen LogP contribution in [0.15, 0.2) is 48.5 Å². The van der Waals surface area contributed by atoms with Crippen molar-refractivity contribution in [1.29, 1.82) is 0 Å². The van der Waals surface area contributed by atoms with Crippen LogP contribution in [0.25, 0.3) is 21.9 Å². The van der Waals surface area contributed by atoms with Crippen LogP contribution < -0.4 is 0 Å². The third-order valence-corrected chi connectivity index (χ3v) is 4.40. The monoisotopic (exact) mass is 330 g/mol. The van der Waals surface area contributed by atoms with Gasteiger partial charge in [0.15, 0.2) is 0 Å². The predicted octanol–water partition coefficient (Wildman–Crippen LogP) is 6.78. The minimum atomic E-state index is -0.739. The standard InChI is InChI=1S/C20H17ClF2/c1-2-3-4-13-5-6-15-10-16(8-7-14(15)9-13)17-11-18(22)20(21)19(23)12-17/h5-12H,2-4H2,1H3. The van der Waals surface area contributed by atoms with E-state index in [1.807, 2.05) is 18.2 Å². The number of fused-ring (bicyclic) bond motifs is 1. The molecule has 118 valence electrons. The van der Waals surface area contributed by atoms with Gasteiger partial charge in [-0.25, -0.2) is 8.78 Å². The first-order chi connectivity index (χ1) is 11.1. The van der Waals surface area contributed by atoms with Gasteiger partial charge < -0.3 is 0 Å². The molecular formula is C20H17ClF2. The molecule has 0 nitrogen and oxygen atoms in total. The zero-order chi connectivity index (χ0) is 16.4. The van der Waals surface area contributed by atoms with Crippen LogP contribution in [0.3, 0.4) is 0 Å². The fourth-order valence-corrected chi connectivity index (χ4v) is 2.84. The molecule has 3 rings (SSSR count). The summed E-state index contributed by atoms with van der Waals surface area (Å²) in [5.41, 5.74) is 2.57. The van der Waals surface area contributed by atoms with E-state index in [-0.39, 0.29) is 0 Å². The minimum absolute atomic E-state index is 0.463. The molecule has 0 saturated heterocycles. The smallest absolute Gasteiger partial charge is 0.145 e. The number of benzene rings is 3. The van der Waals surface area contributed by atoms with E-state index in [0.29, 0.717) is 5.56 Å². The molecule has 0 unspecified atom stereocenters. The normalized spacial score (nSPS) is 11.1. The largest absolute Gasteiger partial charge is 0.205 e. The lowest BCUT2D eigenvalue weighted by Crippen LogP contribution is -1.88. The molecule has 0 N–H and O–H groups in total. The maximum Gasteiger partial charge on any atom is 0.145 e. The van der Waals surface area contributed by atoms with Gasteiger partial charge in [-0.3, -0.25) is 0 Å². The van der Waals surface area contributed by atoms with Crippen LogP contribution in [-0.4, -0.2) is 0 Å². The molecule has 0 amide bonds. The highest BCUT2D eigenvalue weighted by molar-refractivity contribution is 6.31. The summed E-state index contributed by atoms with van der Waals surface area (Å²) in [7, 11) is 0. The summed E-state index contributed by atoms with van der Waals surface area (Å²) in [4.78, 5) is 0. The Labute approximate surface area is 139 Å². The van der Waals surface area contributed by atoms with Crippen molar-refractivity contribution in [2.24, 2.45) is 0 Å². The number of hydrogen-bond acceptors (Lipinski definition) is 0. The van der Waals surface area contributed by atoms with Gasteiger partial charge in [0.05, 0.1) is 0 Å². The van der Waals surface area contributed by atoms with Crippen LogP contribution >= 0.6 is 11.6 Å². The van der Waals surface area contributed by atoms with Crippen molar-refractivity contribution in [1.82, 2.24) is 0 Å². The van der Waals surface area contributed by atoms with E-state index in [1.165, 1.54) is 30.5 Å². The molecule has 0 aromatic heterocycles. The molecule has 0 saturated carbocycles. The Balaban J connectivity index is 2.00. The first-order valence-corrected chi connectivity index (χ1v) is 8.14. The van der Waals surface area contributed by atoms with Gasteiger partial charge in [-0.15, -0.1) is 0 Å². The van der Waals surface area contributed by atoms with Crippen molar-refractivity contribution in [2.45, 2.75) is 26.2 Å². The maximum atomic E-state index is 13.6. The molecule has 0 aliphatic carbocycles. The molecule has 0 spiro atoms. The summed E-state index contributed by atoms with van der Waals surface area (Å²) >= 11 is 5.54. The van der Waals surface area contributed by atoms with E-state index < -0.39 is 16.7 Å². The van der Waals surface area contributed by atoms with Crippen molar-refractivity contribution in [2.75, 3.05) is 0 Å². The Hall–Kier alpha value is -1.93. The van der Waals surface area contributed by atoms with Crippen molar-refractivity contribution in [3.8, 4) is 11.1 Å². The highest BCUT2D eigenvalue weighted by Gasteiger charge is 2.10. The zero-order valence-electron chi connectivity index (χ0n) is 12.9. The lowest BCUT2D eigenvalue weighted by Gasteiger charge is -2.08. The Bertz CT molecular complexity index is 832. The quantitative estimate of drug-likeness (QED) is 0.462. The summed E-state index contributed by atoms with van der Waals surface area (Å²) < 4.78 is 27.3. The van der Waals surface area contributed by atoms with Gasteiger partial charge in [-0.1, -0.05) is 55.3 Å². The van der Waals surface area contributed by atoms with Gasteiger partial charge >= 0.3 is 0 Å². The molecule has 0 bridgehead atoms. The van der Waals surface area contributed by atoms with Crippen LogP contribution in [0, 0.1) is 11.6 Å². The molecule has 0 atom stereocenters. The second-order valence-electron chi connectivity index (χ2n) is 5.75. The van der Waals surface area contributed by atoms with E-state index in [4.69, 9.17) is 11.6 Å². The number of hydrogen-bond donors (Lipinski definition) is 0. The zero-order valence-corrected chi connectivity index (χ0v) is 13.6. The Morgan fingerprint density at radius 3 is 2.17 bits per heavy atom. The topological polar surface area (TPSA) is 0 Å². The number of unbranched alkanes of at least 4 members (excludes halogenated alkanes) is 1. The maximum absolute atomic E-state index is 13.6. The average Bonchev–Trinajstić information content (AvgIpc) is 2.56. The van der Waals surface area contributed by atoms with Crippen molar-refractivity contribution >= 4 is 22.4 Å². The SMILES string of the molecule is CCCCc1ccc2cc(-c3cc(F)c(Cl)c(F)c3)ccc2c1. The highest BCUT2D eigenvalue weighted by Crippen LogP contribution is 2.29. The highest BCUT2D eigenvalue weighted by atomic mass is 35.5. The van der Waals surface area contributed by atoms with Crippen LogP contribution in [0.1, 0.15) is 25.3 Å². The van der Waals surface area contributed by atoms with Crippen LogP contribution in [-0.2, 0) is 6.42 Å². The van der Waals surface area contributed by atoms with Gasteiger partial charge in [0.1, 0.15) is 16.7 Å². The molecule has 0 radical (unpaired) electrons. The second-order valence-corrected chi connectivity index (χ2v) is 6.13. The molecule has 0 fully saturated rings. The summed E-state index contributed by atoms with van der Waals surface area (Å²) in [6, 6.07) is 14.7. The molecular weight excluding hydrogens is 314 g/mol. The van der Waals surface area contributed by atoms with Gasteiger partial charge in [0.2, 0.25) is 0 Å². The van der Waals surface area contributed by atoms with Gasteiger partial charge in [0.25, 0.3) is 0 Å². The second kappa shape index (κ2) is 6.67. The fraction of sp³-hybridized carbons (Fsp3) is 0.200. The minimum Gasteiger partial charge on any atom is -0.205 e. The van der Waals surface area contributed by atoms with Crippen molar-refractivity contribution < 1.29 is 8.78 Å². The number of halogens is 3. The predicted molar refractivity (Wildman–Crippen MR) is 92.9 cm³/mol. The Kier molecular flexibility index (Phi) is 4.63. The number of rotatable bonds is 4.